The lowest BCUT2D eigenvalue weighted by Crippen LogP contribution is -2.49. The molecule has 26 nitrogen and oxygen atoms in total. The standard InChI is InChI=1S/C45H30N16.C13H11N3.C7H8.C6Cl3N7/c1-2-8-32-31(7-1)49-37(50-32)25-13-19-28(20-14-25)46-40-55-43-57-41(47-29-21-15-26(16-22-29)38-51-33-9-3-4-10-34(33)52-38)59-45-60-42(58-44(56-40)61(43)45)48-30-23-17-27(18-24-30)39-53-35-11-5-6-12-36(35)54-39;14-10-7-5-9(6-8-10)13-15-11-3-1-2-4-12(11)16-13;1-7-5-3-2-4-6-7;7-1-10-4-12-2(8)14-6-15-3(9)13-5(11-1)16(4)6/h1-24H,(H,49,50)(H,51,52)(H,53,54)(H3,46,47,48,55,56,57,58,59,60);1-8H,14H2,(H,15,16);2-6H,1H3;. The van der Waals surface area contributed by atoms with Crippen LogP contribution < -0.4 is 21.7 Å². The van der Waals surface area contributed by atoms with Crippen LogP contribution in [0.2, 0.25) is 0 Å². The number of hydrogen-bond donors (Lipinski definition) is 8. The van der Waals surface area contributed by atoms with Gasteiger partial charge in [0.2, 0.25) is 69.5 Å². The van der Waals surface area contributed by atoms with Crippen LogP contribution in [-0.4, -0.2) is 119 Å². The highest BCUT2D eigenvalue weighted by atomic mass is 35.5. The summed E-state index contributed by atoms with van der Waals surface area (Å²) < 4.78 is 0. The largest absolute Gasteiger partial charge is 0.399 e. The van der Waals surface area contributed by atoms with Crippen molar-refractivity contribution >= 4 is 171 Å². The first-order valence-corrected chi connectivity index (χ1v) is 32.0. The Balaban J connectivity index is 0.000000159. The van der Waals surface area contributed by atoms with Gasteiger partial charge in [0.05, 0.1) is 44.1 Å². The minimum Gasteiger partial charge on any atom is -0.399 e. The number of fused-ring (bicyclic) bond motifs is 4. The number of guanidine groups is 9. The van der Waals surface area contributed by atoms with Crippen LogP contribution in [0.1, 0.15) is 5.56 Å². The van der Waals surface area contributed by atoms with Gasteiger partial charge in [-0.2, -0.15) is 59.9 Å². The fraction of sp³-hybridized carbons (Fsp3) is 0.0141. The topological polar surface area (TPSA) is 332 Å². The number of nitrogen functional groups attached to an aromatic ring is 1. The summed E-state index contributed by atoms with van der Waals surface area (Å²) in [6, 6.07) is 73.4. The smallest absolute Gasteiger partial charge is 0.246 e. The Labute approximate surface area is 581 Å². The molecule has 0 atom stereocenters. The number of anilines is 4. The number of aryl methyl sites for hydroxylation is 1. The number of nitrogens with one attached hydrogen (secondary N) is 7. The van der Waals surface area contributed by atoms with Crippen LogP contribution in [0.25, 0.3) is 89.7 Å². The van der Waals surface area contributed by atoms with Gasteiger partial charge < -0.3 is 41.6 Å². The Morgan fingerprint density at radius 1 is 0.290 bits per heavy atom. The molecule has 29 heteroatoms. The summed E-state index contributed by atoms with van der Waals surface area (Å²) in [5.41, 5.74) is 21.6. The van der Waals surface area contributed by atoms with Crippen molar-refractivity contribution in [2.24, 2.45) is 59.9 Å². The number of aromatic nitrogens is 8. The molecule has 0 saturated carbocycles. The fourth-order valence-corrected chi connectivity index (χ4v) is 11.2. The van der Waals surface area contributed by atoms with E-state index in [1.807, 2.05) is 212 Å². The molecule has 6 aliphatic rings. The van der Waals surface area contributed by atoms with Gasteiger partial charge in [-0.15, -0.1) is 0 Å². The first-order valence-electron chi connectivity index (χ1n) is 30.9. The summed E-state index contributed by atoms with van der Waals surface area (Å²) in [6.45, 7) is 2.08. The minimum atomic E-state index is -0.00849. The summed E-state index contributed by atoms with van der Waals surface area (Å²) >= 11 is 17.1. The predicted molar refractivity (Wildman–Crippen MR) is 403 cm³/mol. The van der Waals surface area contributed by atoms with Gasteiger partial charge in [-0.3, -0.25) is 0 Å². The molecular formula is C71H49Cl3N26. The molecule has 4 aromatic heterocycles. The number of benzene rings is 9. The van der Waals surface area contributed by atoms with Crippen molar-refractivity contribution in [3.63, 3.8) is 0 Å². The molecule has 0 fully saturated rings. The average Bonchev–Trinajstić information content (AvgIpc) is 1.54. The maximum absolute atomic E-state index is 5.70. The second kappa shape index (κ2) is 26.6. The zero-order valence-electron chi connectivity index (χ0n) is 52.1. The molecule has 13 aromatic rings. The number of nitrogens with zero attached hydrogens (tertiary/aromatic N) is 18. The van der Waals surface area contributed by atoms with Gasteiger partial charge in [-0.25, -0.2) is 29.7 Å². The number of aromatic amines is 4. The highest BCUT2D eigenvalue weighted by molar-refractivity contribution is 6.71. The molecule has 19 rings (SSSR count). The van der Waals surface area contributed by atoms with Gasteiger partial charge in [0, 0.05) is 45.0 Å². The molecule has 9 aromatic carbocycles. The van der Waals surface area contributed by atoms with Crippen LogP contribution in [0.15, 0.2) is 284 Å². The Kier molecular flexibility index (Phi) is 16.4. The lowest BCUT2D eigenvalue weighted by Gasteiger charge is -2.30. The number of halogens is 3. The number of rotatable bonds is 7. The highest BCUT2D eigenvalue weighted by Gasteiger charge is 2.36. The van der Waals surface area contributed by atoms with Gasteiger partial charge in [-0.1, -0.05) is 84.4 Å². The summed E-state index contributed by atoms with van der Waals surface area (Å²) in [7, 11) is 0. The van der Waals surface area contributed by atoms with Crippen LogP contribution in [0.4, 0.5) is 22.7 Å². The van der Waals surface area contributed by atoms with Crippen LogP contribution in [0, 0.1) is 6.92 Å². The summed E-state index contributed by atoms with van der Waals surface area (Å²) in [5, 5.41) is 9.97. The van der Waals surface area contributed by atoms with E-state index in [9.17, 15) is 0 Å². The van der Waals surface area contributed by atoms with Crippen molar-refractivity contribution in [2.75, 3.05) is 21.7 Å². The van der Waals surface area contributed by atoms with Gasteiger partial charge in [-0.05, 0) is 187 Å². The molecule has 0 radical (unpaired) electrons. The third kappa shape index (κ3) is 13.3. The SMILES string of the molecule is Cc1ccccc1.ClC1=NC2=NC(Cl)=NC3=NC(Cl)=NC(=N1)N23.Nc1ccc(-c2nc3ccccc3[nH]2)cc1.c1ccc2[nH]c(-c3ccc(NC4=NC5=NC(Nc6ccc(-c7nc8ccccc8[nH]7)cc6)=NC6=NC(Nc7ccc(-c8nc9ccccc9[nH]8)cc7)=NC(=N4)N56)cc3)nc2c1. The van der Waals surface area contributed by atoms with Crippen molar-refractivity contribution in [3.05, 3.63) is 230 Å². The Bertz CT molecular complexity index is 5180. The Hall–Kier alpha value is -13.4. The molecule has 484 valence electrons. The van der Waals surface area contributed by atoms with Crippen LogP contribution >= 0.6 is 34.8 Å². The summed E-state index contributed by atoms with van der Waals surface area (Å²) in [6.07, 6.45) is 0. The molecule has 0 unspecified atom stereocenters. The van der Waals surface area contributed by atoms with Crippen LogP contribution in [0.3, 0.4) is 0 Å². The Morgan fingerprint density at radius 3 is 0.820 bits per heavy atom. The van der Waals surface area contributed by atoms with E-state index >= 15 is 0 Å². The van der Waals surface area contributed by atoms with Crippen LogP contribution in [-0.2, 0) is 0 Å². The first-order chi connectivity index (χ1) is 48.9. The molecule has 6 aliphatic heterocycles. The zero-order chi connectivity index (χ0) is 67.6. The van der Waals surface area contributed by atoms with Crippen LogP contribution in [0.5, 0.6) is 0 Å². The van der Waals surface area contributed by atoms with E-state index in [-0.39, 0.29) is 51.6 Å². The lowest BCUT2D eigenvalue weighted by molar-refractivity contribution is 0.826. The van der Waals surface area contributed by atoms with Gasteiger partial charge in [0.15, 0.2) is 0 Å². The predicted octanol–water partition coefficient (Wildman–Crippen LogP) is 14.4. The zero-order valence-corrected chi connectivity index (χ0v) is 54.4. The average molecular weight is 1370 g/mol. The monoisotopic (exact) mass is 1370 g/mol. The molecule has 100 heavy (non-hydrogen) atoms. The van der Waals surface area contributed by atoms with E-state index in [1.165, 1.54) is 10.5 Å². The van der Waals surface area contributed by atoms with Gasteiger partial charge in [0.25, 0.3) is 0 Å². The molecule has 0 bridgehead atoms. The molecule has 10 heterocycles. The number of hydrogen-bond acceptors (Lipinski definition) is 22. The van der Waals surface area contributed by atoms with E-state index in [2.05, 4.69) is 89.9 Å². The number of para-hydroxylation sites is 8. The minimum absolute atomic E-state index is 0.00849. The van der Waals surface area contributed by atoms with E-state index in [1.54, 1.807) is 4.90 Å². The maximum Gasteiger partial charge on any atom is 0.246 e. The molecule has 0 saturated heterocycles. The Morgan fingerprint density at radius 2 is 0.550 bits per heavy atom. The second-order valence-corrected chi connectivity index (χ2v) is 23.4. The number of imidazole rings is 4. The quantitative estimate of drug-likeness (QED) is 0.0551. The van der Waals surface area contributed by atoms with Crippen molar-refractivity contribution in [1.82, 2.24) is 49.7 Å². The first kappa shape index (κ1) is 61.4. The molecule has 0 amide bonds. The molecular weight excluding hydrogens is 1320 g/mol. The fourth-order valence-electron chi connectivity index (χ4n) is 10.7. The van der Waals surface area contributed by atoms with E-state index < -0.39 is 0 Å². The third-order valence-electron chi connectivity index (χ3n) is 15.5. The molecule has 0 spiro atoms. The van der Waals surface area contributed by atoms with Crippen molar-refractivity contribution in [3.8, 4) is 45.6 Å². The van der Waals surface area contributed by atoms with Gasteiger partial charge in [0.1, 0.15) is 23.3 Å². The van der Waals surface area contributed by atoms with Gasteiger partial charge >= 0.3 is 0 Å². The third-order valence-corrected chi connectivity index (χ3v) is 16.0. The summed E-state index contributed by atoms with van der Waals surface area (Å²) in [4.78, 5) is 87.1. The number of aliphatic imine (C=N–C) groups is 12. The number of amidine groups is 3. The normalized spacial score (nSPS) is 14.7. The lowest BCUT2D eigenvalue weighted by atomic mass is 10.2. The van der Waals surface area contributed by atoms with Crippen molar-refractivity contribution in [1.29, 1.82) is 0 Å². The number of nitrogens with two attached hydrogens (primary N) is 1. The van der Waals surface area contributed by atoms with Crippen molar-refractivity contribution in [2.45, 2.75) is 6.92 Å². The summed E-state index contributed by atoms with van der Waals surface area (Å²) in [5.74, 6) is 5.60. The van der Waals surface area contributed by atoms with E-state index in [0.717, 1.165) is 112 Å². The second-order valence-electron chi connectivity index (χ2n) is 22.4. The molecule has 9 N–H and O–H groups in total. The highest BCUT2D eigenvalue weighted by Crippen LogP contribution is 2.29. The van der Waals surface area contributed by atoms with E-state index in [0.29, 0.717) is 17.9 Å². The maximum atomic E-state index is 5.70. The van der Waals surface area contributed by atoms with Crippen molar-refractivity contribution < 1.29 is 0 Å². The van der Waals surface area contributed by atoms with E-state index in [4.69, 9.17) is 85.4 Å². The molecule has 0 aliphatic carbocycles. The number of H-pyrrole nitrogens is 4.